The molecule has 1 aromatic heterocycles. The molecule has 1 amide bonds. The molecular weight excluding hydrogens is 346 g/mol. The maximum Gasteiger partial charge on any atom is 0.349 e. The third-order valence-electron chi connectivity index (χ3n) is 4.81. The van der Waals surface area contributed by atoms with Gasteiger partial charge in [0.25, 0.3) is 5.91 Å². The highest BCUT2D eigenvalue weighted by molar-refractivity contribution is 7.14. The summed E-state index contributed by atoms with van der Waals surface area (Å²) in [5, 5.41) is 2.79. The van der Waals surface area contributed by atoms with Gasteiger partial charge in [0.05, 0.1) is 0 Å². The van der Waals surface area contributed by atoms with Crippen LogP contribution in [-0.2, 0) is 28.8 Å². The van der Waals surface area contributed by atoms with Crippen molar-refractivity contribution in [2.24, 2.45) is 5.92 Å². The molecule has 1 aliphatic carbocycles. The number of benzene rings is 1. The minimum Gasteiger partial charge on any atom is -0.448 e. The molecule has 0 saturated carbocycles. The van der Waals surface area contributed by atoms with Crippen molar-refractivity contribution in [3.8, 4) is 0 Å². The Kier molecular flexibility index (Phi) is 5.77. The summed E-state index contributed by atoms with van der Waals surface area (Å²) in [5.74, 6) is -0.0802. The van der Waals surface area contributed by atoms with Gasteiger partial charge in [-0.3, -0.25) is 4.79 Å². The molecule has 0 radical (unpaired) electrons. The van der Waals surface area contributed by atoms with Crippen molar-refractivity contribution in [3.63, 3.8) is 0 Å². The van der Waals surface area contributed by atoms with Gasteiger partial charge in [-0.25, -0.2) is 4.79 Å². The first kappa shape index (κ1) is 18.6. The predicted octanol–water partition coefficient (Wildman–Crippen LogP) is 4.62. The summed E-state index contributed by atoms with van der Waals surface area (Å²) < 4.78 is 5.38. The van der Waals surface area contributed by atoms with E-state index in [-0.39, 0.29) is 5.91 Å². The fourth-order valence-corrected chi connectivity index (χ4v) is 4.24. The van der Waals surface area contributed by atoms with Gasteiger partial charge in [-0.1, -0.05) is 26.0 Å². The topological polar surface area (TPSA) is 55.4 Å². The number of amides is 1. The minimum absolute atomic E-state index is 0.322. The van der Waals surface area contributed by atoms with E-state index in [1.54, 1.807) is 6.92 Å². The van der Waals surface area contributed by atoms with Crippen LogP contribution in [0.4, 0.5) is 5.69 Å². The SMILES string of the molecule is CCc1ccc(NC(=O)[C@H](C)OC(=O)c2cc3c(s2)CC[C@H](C)C3)cc1. The van der Waals surface area contributed by atoms with Crippen LogP contribution in [0.25, 0.3) is 0 Å². The Morgan fingerprint density at radius 3 is 2.73 bits per heavy atom. The van der Waals surface area contributed by atoms with Crippen molar-refractivity contribution in [1.82, 2.24) is 0 Å². The molecule has 0 bridgehead atoms. The standard InChI is InChI=1S/C21H25NO3S/c1-4-15-6-8-17(9-7-15)22-20(23)14(3)25-21(24)19-12-16-11-13(2)5-10-18(16)26-19/h6-9,12-14H,4-5,10-11H2,1-3H3,(H,22,23)/t13-,14-/m0/s1. The number of fused-ring (bicyclic) bond motifs is 1. The van der Waals surface area contributed by atoms with Crippen LogP contribution < -0.4 is 5.32 Å². The van der Waals surface area contributed by atoms with Gasteiger partial charge in [-0.05, 0) is 67.9 Å². The molecule has 4 nitrogen and oxygen atoms in total. The summed E-state index contributed by atoms with van der Waals surface area (Å²) in [7, 11) is 0. The maximum absolute atomic E-state index is 12.4. The number of rotatable bonds is 5. The van der Waals surface area contributed by atoms with Gasteiger partial charge in [-0.15, -0.1) is 11.3 Å². The molecule has 0 saturated heterocycles. The fourth-order valence-electron chi connectivity index (χ4n) is 3.15. The summed E-state index contributed by atoms with van der Waals surface area (Å²) in [6, 6.07) is 9.61. The molecule has 0 spiro atoms. The first-order valence-corrected chi connectivity index (χ1v) is 10.00. The molecule has 1 N–H and O–H groups in total. The third kappa shape index (κ3) is 4.33. The third-order valence-corrected chi connectivity index (χ3v) is 6.03. The number of carbonyl (C=O) groups excluding carboxylic acids is 2. The second kappa shape index (κ2) is 8.04. The molecule has 2 aromatic rings. The van der Waals surface area contributed by atoms with E-state index in [1.165, 1.54) is 27.3 Å². The zero-order valence-electron chi connectivity index (χ0n) is 15.5. The van der Waals surface area contributed by atoms with E-state index in [4.69, 9.17) is 4.74 Å². The average Bonchev–Trinajstić information content (AvgIpc) is 3.05. The zero-order valence-corrected chi connectivity index (χ0v) is 16.3. The number of nitrogens with one attached hydrogen (secondary N) is 1. The van der Waals surface area contributed by atoms with Gasteiger partial charge in [0.15, 0.2) is 6.10 Å². The van der Waals surface area contributed by atoms with Crippen LogP contribution in [0.3, 0.4) is 0 Å². The lowest BCUT2D eigenvalue weighted by molar-refractivity contribution is -0.123. The Balaban J connectivity index is 1.59. The van der Waals surface area contributed by atoms with Crippen molar-refractivity contribution >= 4 is 28.9 Å². The first-order valence-electron chi connectivity index (χ1n) is 9.18. The first-order chi connectivity index (χ1) is 12.5. The van der Waals surface area contributed by atoms with E-state index in [0.717, 1.165) is 25.7 Å². The second-order valence-corrected chi connectivity index (χ2v) is 8.13. The van der Waals surface area contributed by atoms with E-state index in [9.17, 15) is 9.59 Å². The van der Waals surface area contributed by atoms with Crippen LogP contribution in [-0.4, -0.2) is 18.0 Å². The van der Waals surface area contributed by atoms with E-state index in [1.807, 2.05) is 30.3 Å². The number of thiophene rings is 1. The number of hydrogen-bond donors (Lipinski definition) is 1. The van der Waals surface area contributed by atoms with Gasteiger partial charge in [0, 0.05) is 10.6 Å². The summed E-state index contributed by atoms with van der Waals surface area (Å²) in [4.78, 5) is 26.6. The number of carbonyl (C=O) groups is 2. The monoisotopic (exact) mass is 371 g/mol. The smallest absolute Gasteiger partial charge is 0.349 e. The van der Waals surface area contributed by atoms with E-state index >= 15 is 0 Å². The van der Waals surface area contributed by atoms with E-state index in [2.05, 4.69) is 19.2 Å². The number of esters is 1. The summed E-state index contributed by atoms with van der Waals surface area (Å²) in [5.41, 5.74) is 3.17. The van der Waals surface area contributed by atoms with Crippen LogP contribution in [0.1, 0.15) is 52.9 Å². The van der Waals surface area contributed by atoms with Gasteiger partial charge in [-0.2, -0.15) is 0 Å². The number of anilines is 1. The van der Waals surface area contributed by atoms with Gasteiger partial charge < -0.3 is 10.1 Å². The molecule has 1 heterocycles. The van der Waals surface area contributed by atoms with E-state index in [0.29, 0.717) is 16.5 Å². The van der Waals surface area contributed by atoms with Crippen LogP contribution in [0.2, 0.25) is 0 Å². The Labute approximate surface area is 158 Å². The van der Waals surface area contributed by atoms with Gasteiger partial charge in [0.1, 0.15) is 4.88 Å². The second-order valence-electron chi connectivity index (χ2n) is 6.99. The van der Waals surface area contributed by atoms with E-state index < -0.39 is 12.1 Å². The van der Waals surface area contributed by atoms with Crippen LogP contribution in [0.5, 0.6) is 0 Å². The zero-order chi connectivity index (χ0) is 18.7. The molecule has 26 heavy (non-hydrogen) atoms. The van der Waals surface area contributed by atoms with Crippen molar-refractivity contribution in [2.75, 3.05) is 5.32 Å². The quantitative estimate of drug-likeness (QED) is 0.780. The molecule has 1 aliphatic rings. The maximum atomic E-state index is 12.4. The summed E-state index contributed by atoms with van der Waals surface area (Å²) in [6.45, 7) is 5.92. The largest absolute Gasteiger partial charge is 0.448 e. The lowest BCUT2D eigenvalue weighted by Crippen LogP contribution is -2.29. The fraction of sp³-hybridized carbons (Fsp3) is 0.429. The Hall–Kier alpha value is -2.14. The molecule has 3 rings (SSSR count). The Bertz CT molecular complexity index is 794. The highest BCUT2D eigenvalue weighted by Gasteiger charge is 2.24. The average molecular weight is 372 g/mol. The lowest BCUT2D eigenvalue weighted by Gasteiger charge is -2.16. The van der Waals surface area contributed by atoms with Crippen LogP contribution in [0.15, 0.2) is 30.3 Å². The molecule has 0 unspecified atom stereocenters. The molecule has 2 atom stereocenters. The molecule has 138 valence electrons. The minimum atomic E-state index is -0.841. The van der Waals surface area contributed by atoms with Crippen molar-refractivity contribution < 1.29 is 14.3 Å². The molecule has 0 fully saturated rings. The predicted molar refractivity (Wildman–Crippen MR) is 105 cm³/mol. The number of ether oxygens (including phenoxy) is 1. The Morgan fingerprint density at radius 1 is 1.31 bits per heavy atom. The number of aryl methyl sites for hydroxylation is 2. The van der Waals surface area contributed by atoms with Crippen LogP contribution in [0, 0.1) is 5.92 Å². The van der Waals surface area contributed by atoms with Crippen LogP contribution >= 0.6 is 11.3 Å². The molecular formula is C21H25NO3S. The highest BCUT2D eigenvalue weighted by Crippen LogP contribution is 2.32. The Morgan fingerprint density at radius 2 is 2.04 bits per heavy atom. The molecule has 1 aromatic carbocycles. The molecule has 0 aliphatic heterocycles. The molecule has 5 heteroatoms. The normalized spacial score (nSPS) is 17.3. The highest BCUT2D eigenvalue weighted by atomic mass is 32.1. The summed E-state index contributed by atoms with van der Waals surface area (Å²) in [6.07, 6.45) is 3.32. The lowest BCUT2D eigenvalue weighted by atomic mass is 9.90. The van der Waals surface area contributed by atoms with Gasteiger partial charge in [0.2, 0.25) is 0 Å². The van der Waals surface area contributed by atoms with Crippen molar-refractivity contribution in [3.05, 3.63) is 51.2 Å². The summed E-state index contributed by atoms with van der Waals surface area (Å²) >= 11 is 1.50. The van der Waals surface area contributed by atoms with Crippen molar-refractivity contribution in [1.29, 1.82) is 0 Å². The van der Waals surface area contributed by atoms with Gasteiger partial charge >= 0.3 is 5.97 Å². The van der Waals surface area contributed by atoms with Crippen molar-refractivity contribution in [2.45, 2.75) is 52.6 Å². The number of hydrogen-bond acceptors (Lipinski definition) is 4.